The van der Waals surface area contributed by atoms with Crippen LogP contribution in [0.15, 0.2) is 194 Å². The summed E-state index contributed by atoms with van der Waals surface area (Å²) in [7, 11) is 0. The van der Waals surface area contributed by atoms with Crippen molar-refractivity contribution < 1.29 is 0 Å². The van der Waals surface area contributed by atoms with Crippen molar-refractivity contribution in [2.75, 3.05) is 0 Å². The van der Waals surface area contributed by atoms with Crippen LogP contribution in [0.3, 0.4) is 0 Å². The van der Waals surface area contributed by atoms with Crippen LogP contribution in [0.4, 0.5) is 0 Å². The fraction of sp³-hybridized carbons (Fsp3) is 0.0370. The highest BCUT2D eigenvalue weighted by Crippen LogP contribution is 2.40. The molecule has 3 heterocycles. The largest absolute Gasteiger partial charge is 0.233 e. The van der Waals surface area contributed by atoms with Crippen LogP contribution >= 0.6 is 0 Å². The van der Waals surface area contributed by atoms with Gasteiger partial charge in [0.25, 0.3) is 0 Å². The van der Waals surface area contributed by atoms with E-state index in [0.29, 0.717) is 40.8 Å². The second-order valence-corrected chi connectivity index (χ2v) is 14.9. The van der Waals surface area contributed by atoms with E-state index in [1.807, 2.05) is 153 Å². The Bertz CT molecular complexity index is 3040. The van der Waals surface area contributed by atoms with Crippen LogP contribution in [-0.4, -0.2) is 39.9 Å². The van der Waals surface area contributed by atoms with Gasteiger partial charge in [-0.25, -0.2) is 39.9 Å². The Balaban J connectivity index is 1.08. The first-order valence-electron chi connectivity index (χ1n) is 20.4. The van der Waals surface area contributed by atoms with Gasteiger partial charge in [-0.05, 0) is 48.2 Å². The summed E-state index contributed by atoms with van der Waals surface area (Å²) in [5.41, 5.74) is 12.1. The van der Waals surface area contributed by atoms with Crippen molar-refractivity contribution in [1.82, 2.24) is 39.9 Å². The van der Waals surface area contributed by atoms with E-state index < -0.39 is 0 Å². The van der Waals surface area contributed by atoms with Gasteiger partial charge in [0.05, 0.1) is 0 Å². The van der Waals surface area contributed by atoms with Gasteiger partial charge in [-0.1, -0.05) is 182 Å². The van der Waals surface area contributed by atoms with Gasteiger partial charge in [0, 0.05) is 50.3 Å². The molecule has 10 rings (SSSR count). The first-order chi connectivity index (χ1) is 30.5. The summed E-state index contributed by atoms with van der Waals surface area (Å²) in [6, 6.07) is 65.2. The highest BCUT2D eigenvalue weighted by Gasteiger charge is 2.20. The second kappa shape index (κ2) is 16.7. The molecule has 0 saturated heterocycles. The van der Waals surface area contributed by atoms with Gasteiger partial charge < -0.3 is 0 Å². The molecule has 0 aliphatic rings. The molecule has 0 aliphatic heterocycles. The molecule has 10 aromatic rings. The summed E-state index contributed by atoms with van der Waals surface area (Å²) in [5, 5.41) is 0. The second-order valence-electron chi connectivity index (χ2n) is 14.9. The Kier molecular flexibility index (Phi) is 10.2. The molecule has 0 aliphatic carbocycles. The monoisotopic (exact) mass is 798 g/mol. The zero-order valence-corrected chi connectivity index (χ0v) is 34.1. The molecule has 0 unspecified atom stereocenters. The quantitative estimate of drug-likeness (QED) is 0.142. The zero-order valence-electron chi connectivity index (χ0n) is 34.1. The number of hydrogen-bond donors (Lipinski definition) is 0. The Hall–Kier alpha value is -8.36. The number of benzene rings is 7. The number of rotatable bonds is 9. The number of nitrogens with zero attached hydrogens (tertiary/aromatic N) is 8. The molecule has 0 N–H and O–H groups in total. The Labute approximate surface area is 359 Å². The summed E-state index contributed by atoms with van der Waals surface area (Å²) < 4.78 is 0. The molecule has 294 valence electrons. The molecule has 0 spiro atoms. The van der Waals surface area contributed by atoms with E-state index in [1.54, 1.807) is 0 Å². The number of hydrogen-bond acceptors (Lipinski definition) is 8. The highest BCUT2D eigenvalue weighted by atomic mass is 15.0. The summed E-state index contributed by atoms with van der Waals surface area (Å²) in [6.45, 7) is 4.01. The van der Waals surface area contributed by atoms with E-state index in [9.17, 15) is 0 Å². The molecule has 0 bridgehead atoms. The summed E-state index contributed by atoms with van der Waals surface area (Å²) in [4.78, 5) is 39.8. The predicted octanol–water partition coefficient (Wildman–Crippen LogP) is 12.5. The molecule has 8 heteroatoms. The van der Waals surface area contributed by atoms with E-state index in [0.717, 1.165) is 72.6 Å². The van der Waals surface area contributed by atoms with Gasteiger partial charge in [-0.2, -0.15) is 0 Å². The molecule has 0 amide bonds. The normalized spacial score (nSPS) is 11.1. The molecule has 3 aromatic heterocycles. The zero-order chi connectivity index (χ0) is 41.8. The summed E-state index contributed by atoms with van der Waals surface area (Å²) in [5.74, 6) is 4.27. The van der Waals surface area contributed by atoms with Crippen molar-refractivity contribution in [3.8, 4) is 102 Å². The van der Waals surface area contributed by atoms with Crippen LogP contribution in [0.1, 0.15) is 11.4 Å². The molecule has 0 fully saturated rings. The van der Waals surface area contributed by atoms with Crippen LogP contribution in [0.25, 0.3) is 102 Å². The molecule has 0 saturated carbocycles. The minimum atomic E-state index is 0.574. The van der Waals surface area contributed by atoms with Crippen LogP contribution in [0.2, 0.25) is 0 Å². The van der Waals surface area contributed by atoms with Crippen LogP contribution in [-0.2, 0) is 0 Å². The molecule has 7 aromatic carbocycles. The highest BCUT2D eigenvalue weighted by molar-refractivity contribution is 5.91. The average molecular weight is 799 g/mol. The maximum Gasteiger partial charge on any atom is 0.164 e. The van der Waals surface area contributed by atoms with Crippen molar-refractivity contribution in [2.24, 2.45) is 0 Å². The summed E-state index contributed by atoms with van der Waals surface area (Å²) in [6.07, 6.45) is 0. The maximum absolute atomic E-state index is 5.09. The fourth-order valence-corrected chi connectivity index (χ4v) is 7.58. The lowest BCUT2D eigenvalue weighted by Gasteiger charge is -2.16. The number of aryl methyl sites for hydroxylation is 2. The van der Waals surface area contributed by atoms with E-state index in [-0.39, 0.29) is 0 Å². The van der Waals surface area contributed by atoms with Gasteiger partial charge in [0.1, 0.15) is 0 Å². The molecular weight excluding hydrogens is 761 g/mol. The third kappa shape index (κ3) is 7.88. The van der Waals surface area contributed by atoms with Gasteiger partial charge in [0.15, 0.2) is 40.8 Å². The maximum atomic E-state index is 5.09. The van der Waals surface area contributed by atoms with Crippen LogP contribution in [0, 0.1) is 13.8 Å². The first kappa shape index (κ1) is 37.9. The van der Waals surface area contributed by atoms with E-state index >= 15 is 0 Å². The van der Waals surface area contributed by atoms with Gasteiger partial charge in [-0.3, -0.25) is 0 Å². The van der Waals surface area contributed by atoms with Crippen molar-refractivity contribution in [3.05, 3.63) is 206 Å². The third-order valence-corrected chi connectivity index (χ3v) is 10.6. The van der Waals surface area contributed by atoms with Crippen LogP contribution < -0.4 is 0 Å². The van der Waals surface area contributed by atoms with Gasteiger partial charge in [-0.15, -0.1) is 0 Å². The smallest absolute Gasteiger partial charge is 0.164 e. The Morgan fingerprint density at radius 2 is 0.516 bits per heavy atom. The lowest BCUT2D eigenvalue weighted by atomic mass is 9.91. The third-order valence-electron chi connectivity index (χ3n) is 10.6. The fourth-order valence-electron chi connectivity index (χ4n) is 7.58. The van der Waals surface area contributed by atoms with Gasteiger partial charge in [0.2, 0.25) is 0 Å². The molecule has 62 heavy (non-hydrogen) atoms. The Morgan fingerprint density at radius 1 is 0.210 bits per heavy atom. The van der Waals surface area contributed by atoms with E-state index in [2.05, 4.69) is 54.6 Å². The number of aromatic nitrogens is 8. The summed E-state index contributed by atoms with van der Waals surface area (Å²) >= 11 is 0. The SMILES string of the molecule is Cc1cc(C)nc(-c2cc(-c3ccc(-c4nc(-c5ccccc5)nc(-c5ccccc5)n4)cc3)ccc2-c2ccccc2-c2nc(-c3ccccc3)nc(-c3ccccc3)n2)n1. The van der Waals surface area contributed by atoms with Crippen molar-refractivity contribution in [2.45, 2.75) is 13.8 Å². The first-order valence-corrected chi connectivity index (χ1v) is 20.4. The van der Waals surface area contributed by atoms with E-state index in [4.69, 9.17) is 39.9 Å². The van der Waals surface area contributed by atoms with Crippen molar-refractivity contribution >= 4 is 0 Å². The van der Waals surface area contributed by atoms with E-state index in [1.165, 1.54) is 0 Å². The lowest BCUT2D eigenvalue weighted by molar-refractivity contribution is 1.06. The topological polar surface area (TPSA) is 103 Å². The Morgan fingerprint density at radius 3 is 0.952 bits per heavy atom. The standard InChI is InChI=1S/C54H38N8/c1-35-33-36(2)56-54(55-35)47-34-43(37-27-29-42(30-28-37)52-58-48(38-17-7-3-8-18-38)57-49(59-52)39-19-9-4-10-20-39)31-32-45(47)44-25-15-16-26-46(44)53-61-50(40-21-11-5-12-22-40)60-51(62-53)41-23-13-6-14-24-41/h3-34H,1-2H3. The van der Waals surface area contributed by atoms with Crippen LogP contribution in [0.5, 0.6) is 0 Å². The van der Waals surface area contributed by atoms with Crippen molar-refractivity contribution in [1.29, 1.82) is 0 Å². The minimum Gasteiger partial charge on any atom is -0.233 e. The molecule has 0 radical (unpaired) electrons. The van der Waals surface area contributed by atoms with Crippen molar-refractivity contribution in [3.63, 3.8) is 0 Å². The molecule has 0 atom stereocenters. The predicted molar refractivity (Wildman–Crippen MR) is 247 cm³/mol. The molecule has 8 nitrogen and oxygen atoms in total. The van der Waals surface area contributed by atoms with Gasteiger partial charge >= 0.3 is 0 Å². The lowest BCUT2D eigenvalue weighted by Crippen LogP contribution is -2.02. The average Bonchev–Trinajstić information content (AvgIpc) is 3.34. The minimum absolute atomic E-state index is 0.574. The molecular formula is C54H38N8.